The average molecular weight is 1280 g/mol. The maximum Gasteiger partial charge on any atom is 0.302 e. The first kappa shape index (κ1) is 68.1. The van der Waals surface area contributed by atoms with Crippen molar-refractivity contribution in [2.75, 3.05) is 52.9 Å². The Morgan fingerprint density at radius 3 is 0.924 bits per heavy atom. The second kappa shape index (κ2) is 28.4. The maximum atomic E-state index is 12.4. The van der Waals surface area contributed by atoms with Crippen molar-refractivity contribution in [1.29, 1.82) is 0 Å². The summed E-state index contributed by atoms with van der Waals surface area (Å²) in [5, 5.41) is 170. The van der Waals surface area contributed by atoms with Gasteiger partial charge in [0.1, 0.15) is 135 Å². The minimum atomic E-state index is -1.89. The molecule has 26 nitrogen and oxygen atoms in total. The Morgan fingerprint density at radius 2 is 0.652 bits per heavy atom. The van der Waals surface area contributed by atoms with E-state index in [9.17, 15) is 91.3 Å². The van der Waals surface area contributed by atoms with E-state index in [-0.39, 0.29) is 13.2 Å². The number of benzene rings is 4. The smallest absolute Gasteiger partial charge is 0.302 e. The molecule has 4 fully saturated rings. The van der Waals surface area contributed by atoms with Crippen LogP contribution in [0, 0.1) is 47.4 Å². The van der Waals surface area contributed by atoms with Gasteiger partial charge >= 0.3 is 11.9 Å². The SMILES string of the molecule is CC(=O)OCC1(COC(C)=O)c2cc(C#CC3OC(CO)[C@@H](O)C(O)C3O)ccc2-c2ccc(C#CC3OC(CO)[C@@H](OO[C@@H]4C(CO)OC(C#Cc5ccc6c(c5)C(CO)(CO)c5cc(C#CC7OC(CO)[C@@H](O)C(O)C7O)ccc5-6)C(O)C4O)C(O)C3O)cc21. The van der Waals surface area contributed by atoms with Gasteiger partial charge in [0.15, 0.2) is 0 Å². The first-order valence-electron chi connectivity index (χ1n) is 29.4. The minimum Gasteiger partial charge on any atom is -0.464 e. The number of aliphatic hydroxyl groups is 16. The van der Waals surface area contributed by atoms with Gasteiger partial charge in [0.05, 0.1) is 50.5 Å². The van der Waals surface area contributed by atoms with Crippen molar-refractivity contribution in [3.05, 3.63) is 117 Å². The van der Waals surface area contributed by atoms with Crippen molar-refractivity contribution < 1.29 is 129 Å². The second-order valence-electron chi connectivity index (χ2n) is 23.3. The third-order valence-electron chi connectivity index (χ3n) is 17.5. The summed E-state index contributed by atoms with van der Waals surface area (Å²) >= 11 is 0. The molecule has 20 atom stereocenters. The van der Waals surface area contributed by atoms with Crippen LogP contribution >= 0.6 is 0 Å². The van der Waals surface area contributed by atoms with E-state index in [1.807, 2.05) is 0 Å². The Bertz CT molecular complexity index is 3610. The van der Waals surface area contributed by atoms with Crippen molar-refractivity contribution in [2.45, 2.75) is 147 Å². The summed E-state index contributed by atoms with van der Waals surface area (Å²) in [5.74, 6) is 21.2. The highest BCUT2D eigenvalue weighted by Crippen LogP contribution is 2.51. The summed E-state index contributed by atoms with van der Waals surface area (Å²) in [6, 6.07) is 20.0. The molecule has 2 aliphatic carbocycles. The molecule has 0 aromatic heterocycles. The van der Waals surface area contributed by atoms with Gasteiger partial charge < -0.3 is 110 Å². The monoisotopic (exact) mass is 1280 g/mol. The van der Waals surface area contributed by atoms with Crippen LogP contribution in [0.4, 0.5) is 0 Å². The zero-order chi connectivity index (χ0) is 66.1. The first-order chi connectivity index (χ1) is 44.1. The van der Waals surface area contributed by atoms with Gasteiger partial charge in [0, 0.05) is 36.1 Å². The van der Waals surface area contributed by atoms with E-state index in [1.165, 1.54) is 13.8 Å². The number of ether oxygens (including phenoxy) is 6. The van der Waals surface area contributed by atoms with E-state index >= 15 is 0 Å². The molecule has 0 amide bonds. The Balaban J connectivity index is 0.817. The molecule has 4 heterocycles. The van der Waals surface area contributed by atoms with Crippen molar-refractivity contribution >= 4 is 11.9 Å². The van der Waals surface area contributed by atoms with Gasteiger partial charge in [-0.05, 0) is 93.0 Å². The molecule has 16 N–H and O–H groups in total. The number of carbonyl (C=O) groups excluding carboxylic acids is 2. The van der Waals surface area contributed by atoms with Crippen LogP contribution in [0.15, 0.2) is 72.8 Å². The highest BCUT2D eigenvalue weighted by Gasteiger charge is 2.51. The van der Waals surface area contributed by atoms with Gasteiger partial charge in [-0.25, -0.2) is 9.78 Å². The fourth-order valence-electron chi connectivity index (χ4n) is 12.3. The number of carbonyl (C=O) groups is 2. The fourth-order valence-corrected chi connectivity index (χ4v) is 12.3. The number of esters is 2. The molecule has 26 heteroatoms. The van der Waals surface area contributed by atoms with E-state index in [1.54, 1.807) is 72.8 Å². The van der Waals surface area contributed by atoms with Gasteiger partial charge in [-0.3, -0.25) is 9.59 Å². The molecular weight excluding hydrogens is 1210 g/mol. The van der Waals surface area contributed by atoms with Crippen LogP contribution in [-0.4, -0.2) is 269 Å². The lowest BCUT2D eigenvalue weighted by molar-refractivity contribution is -0.423. The minimum absolute atomic E-state index is 0.298. The maximum absolute atomic E-state index is 12.4. The predicted octanol–water partition coefficient (Wildman–Crippen LogP) is -5.23. The molecule has 0 bridgehead atoms. The van der Waals surface area contributed by atoms with E-state index in [0.29, 0.717) is 66.8 Å². The summed E-state index contributed by atoms with van der Waals surface area (Å²) in [4.78, 5) is 35.9. The molecule has 4 aromatic rings. The number of hydrogen-bond acceptors (Lipinski definition) is 26. The Labute approximate surface area is 526 Å². The normalized spacial score (nSPS) is 32.8. The summed E-state index contributed by atoms with van der Waals surface area (Å²) < 4.78 is 34.1. The van der Waals surface area contributed by atoms with E-state index < -0.39 is 184 Å². The lowest BCUT2D eigenvalue weighted by Crippen LogP contribution is -2.62. The number of hydrogen-bond donors (Lipinski definition) is 16. The van der Waals surface area contributed by atoms with E-state index in [2.05, 4.69) is 47.4 Å². The van der Waals surface area contributed by atoms with Crippen LogP contribution in [0.2, 0.25) is 0 Å². The Hall–Kier alpha value is -6.82. The summed E-state index contributed by atoms with van der Waals surface area (Å²) in [5.41, 5.74) is 3.14. The molecule has 4 saturated heterocycles. The fraction of sp³-hybridized carbons (Fsp3) is 0.485. The number of aliphatic hydroxyl groups excluding tert-OH is 16. The Kier molecular flexibility index (Phi) is 21.0. The average Bonchev–Trinajstić information content (AvgIpc) is 1.59. The standard InChI is InChI=1S/C66H70O26/c1-31(73)85-29-66(30-86-32(2)74)43-21-35(8-16-46-54(76)60(82)58(80)50(24-68)88-46)5-13-39(43)40-14-6-36(22-44(40)66)10-18-48-56(78)62(84)64(52(26-70)90-48)92-91-63-51(25-69)89-47(55(77)61(63)83)17-9-34-4-12-38-37-11-3-33(19-41(37)65(27-71,28-72)42(38)20-34)7-15-45-53(75)59(81)57(79)49(23-67)87-45/h3-6,11-14,19-22,45-64,67-72,75-84H,23-30H2,1-2H3/t45?,46?,47?,48?,49?,50?,51?,52?,53?,54?,55?,56?,57-,58-,59?,60?,61?,62?,63-,64-/m1/s1. The molecule has 0 saturated carbocycles. The van der Waals surface area contributed by atoms with E-state index in [0.717, 1.165) is 0 Å². The largest absolute Gasteiger partial charge is 0.464 e. The second-order valence-corrected chi connectivity index (χ2v) is 23.3. The molecule has 4 aromatic carbocycles. The van der Waals surface area contributed by atoms with Crippen molar-refractivity contribution in [3.8, 4) is 69.6 Å². The molecule has 4 aliphatic heterocycles. The molecule has 6 aliphatic rings. The molecule has 10 rings (SSSR count). The van der Waals surface area contributed by atoms with Crippen molar-refractivity contribution in [1.82, 2.24) is 0 Å². The summed E-state index contributed by atoms with van der Waals surface area (Å²) in [6.45, 7) is -2.37. The lowest BCUT2D eigenvalue weighted by Gasteiger charge is -2.42. The zero-order valence-corrected chi connectivity index (χ0v) is 49.4. The van der Waals surface area contributed by atoms with Crippen LogP contribution in [0.25, 0.3) is 22.3 Å². The predicted molar refractivity (Wildman–Crippen MR) is 313 cm³/mol. The van der Waals surface area contributed by atoms with Crippen molar-refractivity contribution in [2.24, 2.45) is 0 Å². The van der Waals surface area contributed by atoms with Crippen LogP contribution in [0.3, 0.4) is 0 Å². The van der Waals surface area contributed by atoms with Crippen LogP contribution in [0.1, 0.15) is 58.4 Å². The van der Waals surface area contributed by atoms with Crippen LogP contribution in [-0.2, 0) is 58.6 Å². The Morgan fingerprint density at radius 1 is 0.380 bits per heavy atom. The third-order valence-corrected chi connectivity index (χ3v) is 17.5. The van der Waals surface area contributed by atoms with Gasteiger partial charge in [0.25, 0.3) is 0 Å². The van der Waals surface area contributed by atoms with Gasteiger partial charge in [-0.1, -0.05) is 71.6 Å². The van der Waals surface area contributed by atoms with Gasteiger partial charge in [0.2, 0.25) is 0 Å². The van der Waals surface area contributed by atoms with Gasteiger partial charge in [-0.15, -0.1) is 0 Å². The highest BCUT2D eigenvalue weighted by atomic mass is 17.2. The molecule has 92 heavy (non-hydrogen) atoms. The zero-order valence-electron chi connectivity index (χ0n) is 49.4. The highest BCUT2D eigenvalue weighted by molar-refractivity contribution is 5.84. The molecule has 16 unspecified atom stereocenters. The van der Waals surface area contributed by atoms with Crippen LogP contribution in [0.5, 0.6) is 0 Å². The lowest BCUT2D eigenvalue weighted by atomic mass is 9.78. The summed E-state index contributed by atoms with van der Waals surface area (Å²) in [7, 11) is 0. The molecule has 490 valence electrons. The van der Waals surface area contributed by atoms with Crippen LogP contribution < -0.4 is 0 Å². The van der Waals surface area contributed by atoms with Gasteiger partial charge in [-0.2, -0.15) is 0 Å². The molecular formula is C66H70O26. The molecule has 0 radical (unpaired) electrons. The van der Waals surface area contributed by atoms with E-state index in [4.69, 9.17) is 38.2 Å². The first-order valence-corrected chi connectivity index (χ1v) is 29.4. The topological polar surface area (TPSA) is 432 Å². The number of rotatable bonds is 13. The number of fused-ring (bicyclic) bond motifs is 6. The van der Waals surface area contributed by atoms with Crippen molar-refractivity contribution in [3.63, 3.8) is 0 Å². The third kappa shape index (κ3) is 13.0. The quantitative estimate of drug-likeness (QED) is 0.0257. The molecule has 0 spiro atoms. The summed E-state index contributed by atoms with van der Waals surface area (Å²) in [6.07, 6.45) is -31.2.